The average Bonchev–Trinajstić information content (AvgIpc) is 3.31. The molecular formula is C24H27N3O6S2. The number of methoxy groups -OCH3 is 2. The van der Waals surface area contributed by atoms with E-state index in [2.05, 4.69) is 10.3 Å². The molecule has 11 heteroatoms. The molecule has 186 valence electrons. The summed E-state index contributed by atoms with van der Waals surface area (Å²) in [5.41, 5.74) is 1.56. The summed E-state index contributed by atoms with van der Waals surface area (Å²) in [7, 11) is -0.623. The lowest BCUT2D eigenvalue weighted by atomic mass is 10.1. The Kier molecular flexibility index (Phi) is 7.41. The molecule has 1 saturated heterocycles. The molecule has 1 aliphatic heterocycles. The third kappa shape index (κ3) is 5.48. The number of thiazole rings is 1. The highest BCUT2D eigenvalue weighted by Gasteiger charge is 2.32. The second kappa shape index (κ2) is 10.3. The minimum atomic E-state index is -3.77. The number of carbonyl (C=O) groups excluding carboxylic acids is 1. The molecule has 0 aliphatic carbocycles. The molecule has 2 unspecified atom stereocenters. The van der Waals surface area contributed by atoms with Crippen LogP contribution in [0, 0.1) is 0 Å². The Morgan fingerprint density at radius 1 is 1.11 bits per heavy atom. The van der Waals surface area contributed by atoms with E-state index < -0.39 is 15.9 Å². The third-order valence-electron chi connectivity index (χ3n) is 5.53. The maximum absolute atomic E-state index is 13.2. The van der Waals surface area contributed by atoms with E-state index in [1.54, 1.807) is 49.9 Å². The first-order chi connectivity index (χ1) is 16.7. The molecule has 3 aromatic rings. The Hall–Kier alpha value is -2.99. The van der Waals surface area contributed by atoms with Gasteiger partial charge in [0.15, 0.2) is 5.13 Å². The molecule has 2 aromatic carbocycles. The van der Waals surface area contributed by atoms with E-state index in [4.69, 9.17) is 14.2 Å². The molecule has 9 nitrogen and oxygen atoms in total. The Balaban J connectivity index is 1.53. The fraction of sp³-hybridized carbons (Fsp3) is 0.333. The maximum atomic E-state index is 13.2. The van der Waals surface area contributed by atoms with Crippen molar-refractivity contribution in [3.05, 3.63) is 53.4 Å². The zero-order chi connectivity index (χ0) is 25.2. The fourth-order valence-electron chi connectivity index (χ4n) is 3.91. The van der Waals surface area contributed by atoms with Crippen molar-refractivity contribution < 1.29 is 27.4 Å². The summed E-state index contributed by atoms with van der Waals surface area (Å²) in [6.07, 6.45) is -0.412. The van der Waals surface area contributed by atoms with Gasteiger partial charge in [-0.15, -0.1) is 11.3 Å². The Morgan fingerprint density at radius 3 is 2.54 bits per heavy atom. The van der Waals surface area contributed by atoms with E-state index in [9.17, 15) is 13.2 Å². The summed E-state index contributed by atoms with van der Waals surface area (Å²) in [4.78, 5) is 17.5. The Bertz CT molecular complexity index is 1310. The number of aromatic nitrogens is 1. The van der Waals surface area contributed by atoms with Crippen LogP contribution in [0.3, 0.4) is 0 Å². The van der Waals surface area contributed by atoms with Crippen LogP contribution in [0.4, 0.5) is 5.13 Å². The van der Waals surface area contributed by atoms with Crippen molar-refractivity contribution in [1.29, 1.82) is 0 Å². The van der Waals surface area contributed by atoms with Crippen LogP contribution < -0.4 is 14.8 Å². The maximum Gasteiger partial charge on any atom is 0.257 e. The molecule has 35 heavy (non-hydrogen) atoms. The minimum absolute atomic E-state index is 0.0624. The number of nitrogens with one attached hydrogen (secondary N) is 1. The van der Waals surface area contributed by atoms with Crippen molar-refractivity contribution in [2.24, 2.45) is 0 Å². The largest absolute Gasteiger partial charge is 0.497 e. The zero-order valence-electron chi connectivity index (χ0n) is 19.8. The van der Waals surface area contributed by atoms with Gasteiger partial charge in [-0.1, -0.05) is 6.07 Å². The lowest BCUT2D eigenvalue weighted by Crippen LogP contribution is -2.48. The van der Waals surface area contributed by atoms with Crippen molar-refractivity contribution in [2.75, 3.05) is 32.6 Å². The molecule has 1 aliphatic rings. The molecule has 0 bridgehead atoms. The fourth-order valence-corrected chi connectivity index (χ4v) is 6.25. The van der Waals surface area contributed by atoms with Crippen LogP contribution >= 0.6 is 11.3 Å². The normalized spacial score (nSPS) is 18.7. The molecule has 1 aromatic heterocycles. The van der Waals surface area contributed by atoms with Crippen molar-refractivity contribution in [3.63, 3.8) is 0 Å². The molecule has 2 atom stereocenters. The minimum Gasteiger partial charge on any atom is -0.497 e. The SMILES string of the molecule is COc1ccc(OC)c(-c2csc(NC(=O)c3cccc(S(=O)(=O)N4CC(C)OC(C)C4)c3)n2)c1. The van der Waals surface area contributed by atoms with Gasteiger partial charge in [-0.25, -0.2) is 13.4 Å². The molecule has 0 spiro atoms. The summed E-state index contributed by atoms with van der Waals surface area (Å²) in [6.45, 7) is 4.20. The number of benzene rings is 2. The summed E-state index contributed by atoms with van der Waals surface area (Å²) in [5, 5.41) is 4.93. The second-order valence-electron chi connectivity index (χ2n) is 8.17. The van der Waals surface area contributed by atoms with Gasteiger partial charge >= 0.3 is 0 Å². The van der Waals surface area contributed by atoms with Crippen LogP contribution in [0.5, 0.6) is 11.5 Å². The first-order valence-corrected chi connectivity index (χ1v) is 13.3. The predicted octanol–water partition coefficient (Wildman–Crippen LogP) is 3.88. The van der Waals surface area contributed by atoms with Crippen LogP contribution in [-0.4, -0.2) is 63.1 Å². The number of rotatable bonds is 7. The van der Waals surface area contributed by atoms with Crippen molar-refractivity contribution in [3.8, 4) is 22.8 Å². The number of amides is 1. The predicted molar refractivity (Wildman–Crippen MR) is 134 cm³/mol. The lowest BCUT2D eigenvalue weighted by Gasteiger charge is -2.34. The van der Waals surface area contributed by atoms with Crippen molar-refractivity contribution in [1.82, 2.24) is 9.29 Å². The number of sulfonamides is 1. The van der Waals surface area contributed by atoms with Gasteiger partial charge in [0.25, 0.3) is 5.91 Å². The van der Waals surface area contributed by atoms with E-state index in [0.29, 0.717) is 22.3 Å². The van der Waals surface area contributed by atoms with Gasteiger partial charge in [-0.3, -0.25) is 10.1 Å². The van der Waals surface area contributed by atoms with Gasteiger partial charge in [0.2, 0.25) is 10.0 Å². The van der Waals surface area contributed by atoms with Crippen molar-refractivity contribution in [2.45, 2.75) is 31.0 Å². The van der Waals surface area contributed by atoms with Gasteiger partial charge in [0.1, 0.15) is 11.5 Å². The van der Waals surface area contributed by atoms with E-state index >= 15 is 0 Å². The molecule has 1 N–H and O–H groups in total. The monoisotopic (exact) mass is 517 g/mol. The first-order valence-electron chi connectivity index (χ1n) is 11.0. The van der Waals surface area contributed by atoms with E-state index in [0.717, 1.165) is 5.56 Å². The highest BCUT2D eigenvalue weighted by Crippen LogP contribution is 2.35. The highest BCUT2D eigenvalue weighted by atomic mass is 32.2. The topological polar surface area (TPSA) is 107 Å². The molecule has 0 radical (unpaired) electrons. The second-order valence-corrected chi connectivity index (χ2v) is 11.0. The number of morpholine rings is 1. The first kappa shape index (κ1) is 25.1. The number of hydrogen-bond acceptors (Lipinski definition) is 8. The van der Waals surface area contributed by atoms with Gasteiger partial charge in [-0.05, 0) is 50.2 Å². The van der Waals surface area contributed by atoms with E-state index in [1.165, 1.54) is 27.8 Å². The summed E-state index contributed by atoms with van der Waals surface area (Å²) < 4.78 is 44.1. The van der Waals surface area contributed by atoms with Crippen LogP contribution in [0.1, 0.15) is 24.2 Å². The van der Waals surface area contributed by atoms with E-state index in [1.807, 2.05) is 13.8 Å². The molecule has 2 heterocycles. The Morgan fingerprint density at radius 2 is 1.86 bits per heavy atom. The van der Waals surface area contributed by atoms with Crippen LogP contribution in [0.25, 0.3) is 11.3 Å². The molecule has 1 fully saturated rings. The number of carbonyl (C=O) groups is 1. The molecule has 1 amide bonds. The summed E-state index contributed by atoms with van der Waals surface area (Å²) in [5.74, 6) is 0.823. The van der Waals surface area contributed by atoms with Crippen molar-refractivity contribution >= 4 is 32.4 Å². The quantitative estimate of drug-likeness (QED) is 0.507. The van der Waals surface area contributed by atoms with Gasteiger partial charge in [0, 0.05) is 29.6 Å². The number of hydrogen-bond donors (Lipinski definition) is 1. The van der Waals surface area contributed by atoms with Crippen LogP contribution in [0.2, 0.25) is 0 Å². The lowest BCUT2D eigenvalue weighted by molar-refractivity contribution is -0.0440. The number of anilines is 1. The third-order valence-corrected chi connectivity index (χ3v) is 8.11. The summed E-state index contributed by atoms with van der Waals surface area (Å²) in [6, 6.07) is 11.4. The summed E-state index contributed by atoms with van der Waals surface area (Å²) >= 11 is 1.25. The Labute approximate surface area is 208 Å². The highest BCUT2D eigenvalue weighted by molar-refractivity contribution is 7.89. The zero-order valence-corrected chi connectivity index (χ0v) is 21.5. The number of nitrogens with zero attached hydrogens (tertiary/aromatic N) is 2. The molecule has 4 rings (SSSR count). The standard InChI is InChI=1S/C24H27N3O6S2/c1-15-12-27(13-16(2)33-15)35(29,30)19-7-5-6-17(10-19)23(28)26-24-25-21(14-34-24)20-11-18(31-3)8-9-22(20)32-4/h5-11,14-16H,12-13H2,1-4H3,(H,25,26,28). The smallest absolute Gasteiger partial charge is 0.257 e. The number of ether oxygens (including phenoxy) is 3. The average molecular weight is 518 g/mol. The van der Waals surface area contributed by atoms with Gasteiger partial charge in [-0.2, -0.15) is 4.31 Å². The van der Waals surface area contributed by atoms with Gasteiger partial charge in [0.05, 0.1) is 37.0 Å². The molecule has 0 saturated carbocycles. The van der Waals surface area contributed by atoms with Gasteiger partial charge < -0.3 is 14.2 Å². The van der Waals surface area contributed by atoms with Crippen LogP contribution in [0.15, 0.2) is 52.7 Å². The molecular weight excluding hydrogens is 490 g/mol. The van der Waals surface area contributed by atoms with E-state index in [-0.39, 0.29) is 35.8 Å². The van der Waals surface area contributed by atoms with Crippen LogP contribution in [-0.2, 0) is 14.8 Å².